The van der Waals surface area contributed by atoms with Crippen LogP contribution in [-0.2, 0) is 0 Å². The zero-order valence-electron chi connectivity index (χ0n) is 5.91. The summed E-state index contributed by atoms with van der Waals surface area (Å²) in [5.74, 6) is 1.82. The van der Waals surface area contributed by atoms with Gasteiger partial charge in [0.25, 0.3) is 0 Å². The van der Waals surface area contributed by atoms with Gasteiger partial charge in [-0.25, -0.2) is 0 Å². The summed E-state index contributed by atoms with van der Waals surface area (Å²) in [5.41, 5.74) is 2.26. The fraction of sp³-hybridized carbons (Fsp3) is 1.00. The van der Waals surface area contributed by atoms with Crippen LogP contribution in [0, 0.1) is 0 Å². The highest BCUT2D eigenvalue weighted by atomic mass is 16.4. The zero-order chi connectivity index (χ0) is 7.98. The van der Waals surface area contributed by atoms with Crippen molar-refractivity contribution in [2.75, 3.05) is 13.2 Å². The maximum atomic E-state index is 8.85. The highest BCUT2D eigenvalue weighted by Crippen LogP contribution is 1.88. The van der Waals surface area contributed by atoms with Crippen LogP contribution in [0.2, 0.25) is 1.41 Å². The molecule has 0 aromatic heterocycles. The average molecular weight is 137 g/mol. The number of rotatable bonds is 5. The molecule has 0 rings (SSSR count). The van der Waals surface area contributed by atoms with Crippen molar-refractivity contribution in [1.82, 2.24) is 5.43 Å². The van der Waals surface area contributed by atoms with Gasteiger partial charge in [-0.05, 0) is 0 Å². The quantitative estimate of drug-likeness (QED) is 0.208. The predicted octanol–water partition coefficient (Wildman–Crippen LogP) is -2.84. The molecule has 0 saturated heterocycles. The number of hydrazine groups is 1. The van der Waals surface area contributed by atoms with Gasteiger partial charge < -0.3 is 15.3 Å². The molecule has 0 bridgehead atoms. The van der Waals surface area contributed by atoms with Crippen molar-refractivity contribution >= 4 is 0 Å². The lowest BCUT2D eigenvalue weighted by atomic mass is 10.2. The minimum atomic E-state index is -1.15. The second-order valence-corrected chi connectivity index (χ2v) is 1.70. The molecular formula is C4H12N2O3. The summed E-state index contributed by atoms with van der Waals surface area (Å²) in [6, 6.07) is 0. The molecule has 0 unspecified atom stereocenters. The summed E-state index contributed by atoms with van der Waals surface area (Å²) in [6.45, 7) is -0.466. The van der Waals surface area contributed by atoms with Crippen LogP contribution < -0.4 is 11.3 Å². The van der Waals surface area contributed by atoms with Crippen LogP contribution in [0.3, 0.4) is 0 Å². The second kappa shape index (κ2) is 4.66. The van der Waals surface area contributed by atoms with Gasteiger partial charge in [0.1, 0.15) is 7.52 Å². The van der Waals surface area contributed by atoms with Crippen molar-refractivity contribution < 1.29 is 16.7 Å². The van der Waals surface area contributed by atoms with E-state index in [2.05, 4.69) is 5.43 Å². The van der Waals surface area contributed by atoms with Gasteiger partial charge in [-0.3, -0.25) is 11.3 Å². The first-order valence-corrected chi connectivity index (χ1v) is 2.59. The predicted molar refractivity (Wildman–Crippen MR) is 31.3 cm³/mol. The maximum Gasteiger partial charge on any atom is 0.137 e. The van der Waals surface area contributed by atoms with E-state index in [1.54, 1.807) is 0 Å². The molecule has 0 spiro atoms. The van der Waals surface area contributed by atoms with Gasteiger partial charge >= 0.3 is 0 Å². The SMILES string of the molecule is [2H]NNC[C@@H](O)[C@H](O)CO. The Balaban J connectivity index is 3.31. The molecule has 0 aliphatic carbocycles. The van der Waals surface area contributed by atoms with E-state index in [-0.39, 0.29) is 6.54 Å². The maximum absolute atomic E-state index is 8.85. The Bertz CT molecular complexity index is 84.9. The van der Waals surface area contributed by atoms with Gasteiger partial charge in [-0.2, -0.15) is 0 Å². The third kappa shape index (κ3) is 3.39. The van der Waals surface area contributed by atoms with E-state index in [1.807, 2.05) is 5.84 Å². The average Bonchev–Trinajstić information content (AvgIpc) is 1.98. The lowest BCUT2D eigenvalue weighted by molar-refractivity contribution is -0.0127. The monoisotopic (exact) mass is 137 g/mol. The van der Waals surface area contributed by atoms with E-state index >= 15 is 0 Å². The fourth-order valence-corrected chi connectivity index (χ4v) is 0.362. The summed E-state index contributed by atoms with van der Waals surface area (Å²) in [5, 5.41) is 25.9. The first-order chi connectivity index (χ1) is 4.72. The summed E-state index contributed by atoms with van der Waals surface area (Å²) >= 11 is 0. The molecular weight excluding hydrogens is 124 g/mol. The van der Waals surface area contributed by atoms with Crippen molar-refractivity contribution in [3.05, 3.63) is 0 Å². The van der Waals surface area contributed by atoms with E-state index in [0.717, 1.165) is 0 Å². The molecule has 0 aromatic carbocycles. The van der Waals surface area contributed by atoms with E-state index in [0.29, 0.717) is 0 Å². The fourth-order valence-electron chi connectivity index (χ4n) is 0.362. The van der Waals surface area contributed by atoms with Gasteiger partial charge in [0.05, 0.1) is 12.7 Å². The van der Waals surface area contributed by atoms with Gasteiger partial charge in [0.2, 0.25) is 0 Å². The molecule has 2 atom stereocenters. The van der Waals surface area contributed by atoms with Crippen molar-refractivity contribution in [2.24, 2.45) is 5.84 Å². The molecule has 9 heavy (non-hydrogen) atoms. The topological polar surface area (TPSA) is 98.7 Å². The van der Waals surface area contributed by atoms with Crippen LogP contribution in [0.15, 0.2) is 0 Å². The van der Waals surface area contributed by atoms with E-state index < -0.39 is 18.8 Å². The van der Waals surface area contributed by atoms with Crippen molar-refractivity contribution in [3.63, 3.8) is 0 Å². The first-order valence-electron chi connectivity index (χ1n) is 3.09. The molecule has 6 N–H and O–H groups in total. The summed E-state index contributed by atoms with van der Waals surface area (Å²) in [7, 11) is 0. The number of aliphatic hydroxyl groups is 3. The standard InChI is InChI=1S/C4H12N2O3/c5-6-1-3(8)4(9)2-7/h3-4,6-9H,1-2,5H2/t3-,4-/m1/s1/i/hD. The van der Waals surface area contributed by atoms with Gasteiger partial charge in [-0.1, -0.05) is 0 Å². The van der Waals surface area contributed by atoms with Gasteiger partial charge in [-0.15, -0.1) is 0 Å². The molecule has 5 nitrogen and oxygen atoms in total. The van der Waals surface area contributed by atoms with Crippen LogP contribution >= 0.6 is 0 Å². The van der Waals surface area contributed by atoms with Crippen LogP contribution in [0.25, 0.3) is 0 Å². The van der Waals surface area contributed by atoms with Gasteiger partial charge in [0, 0.05) is 6.54 Å². The van der Waals surface area contributed by atoms with E-state index in [1.165, 1.54) is 0 Å². The Morgan fingerprint density at radius 1 is 1.56 bits per heavy atom. The molecule has 0 radical (unpaired) electrons. The van der Waals surface area contributed by atoms with Crippen molar-refractivity contribution in [1.29, 1.82) is 0 Å². The number of hydrogen-bond acceptors (Lipinski definition) is 5. The Hall–Kier alpha value is -0.200. The van der Waals surface area contributed by atoms with Gasteiger partial charge in [0.15, 0.2) is 0 Å². The minimum absolute atomic E-state index is 0.0191. The molecule has 0 saturated carbocycles. The number of aliphatic hydroxyl groups excluding tert-OH is 3. The highest BCUT2D eigenvalue weighted by molar-refractivity contribution is 4.66. The summed E-state index contributed by atoms with van der Waals surface area (Å²) in [6.07, 6.45) is -2.20. The Morgan fingerprint density at radius 3 is 2.67 bits per heavy atom. The van der Waals surface area contributed by atoms with E-state index in [9.17, 15) is 0 Å². The zero-order valence-corrected chi connectivity index (χ0v) is 4.91. The Labute approximate surface area is 54.5 Å². The molecule has 56 valence electrons. The lowest BCUT2D eigenvalue weighted by Crippen LogP contribution is -2.40. The Kier molecular flexibility index (Phi) is 3.58. The first kappa shape index (κ1) is 6.91. The van der Waals surface area contributed by atoms with E-state index in [4.69, 9.17) is 16.7 Å². The third-order valence-corrected chi connectivity index (χ3v) is 0.942. The molecule has 0 heterocycles. The van der Waals surface area contributed by atoms with Crippen LogP contribution in [-0.4, -0.2) is 40.7 Å². The lowest BCUT2D eigenvalue weighted by Gasteiger charge is -2.13. The van der Waals surface area contributed by atoms with Crippen molar-refractivity contribution in [3.8, 4) is 0 Å². The summed E-state index contributed by atoms with van der Waals surface area (Å²) < 4.78 is 6.38. The normalized spacial score (nSPS) is 18.8. The molecule has 5 heteroatoms. The van der Waals surface area contributed by atoms with Crippen molar-refractivity contribution in [2.45, 2.75) is 12.2 Å². The second-order valence-electron chi connectivity index (χ2n) is 1.70. The molecule has 0 amide bonds. The van der Waals surface area contributed by atoms with Crippen LogP contribution in [0.5, 0.6) is 0 Å². The molecule has 0 aliphatic rings. The smallest absolute Gasteiger partial charge is 0.137 e. The molecule has 0 aromatic rings. The number of nitrogens with two attached hydrogens (primary N) is 1. The minimum Gasteiger partial charge on any atom is -0.394 e. The highest BCUT2D eigenvalue weighted by Gasteiger charge is 2.12. The summed E-state index contributed by atoms with van der Waals surface area (Å²) in [4.78, 5) is 0. The van der Waals surface area contributed by atoms with Crippen LogP contribution in [0.1, 0.15) is 0 Å². The largest absolute Gasteiger partial charge is 0.394 e. The Morgan fingerprint density at radius 2 is 2.22 bits per heavy atom. The number of nitrogens with one attached hydrogen (secondary N) is 1. The third-order valence-electron chi connectivity index (χ3n) is 0.942. The number of hydrogen-bond donors (Lipinski definition) is 5. The molecule has 0 aliphatic heterocycles. The van der Waals surface area contributed by atoms with Crippen LogP contribution in [0.4, 0.5) is 0 Å². The molecule has 0 fully saturated rings.